The molecule has 0 aromatic heterocycles. The maximum atomic E-state index is 11.7. The van der Waals surface area contributed by atoms with Gasteiger partial charge in [-0.05, 0) is 25.2 Å². The lowest BCUT2D eigenvalue weighted by Crippen LogP contribution is -2.59. The molecule has 1 aliphatic carbocycles. The van der Waals surface area contributed by atoms with Gasteiger partial charge in [-0.25, -0.2) is 0 Å². The van der Waals surface area contributed by atoms with Gasteiger partial charge in [-0.2, -0.15) is 0 Å². The van der Waals surface area contributed by atoms with Gasteiger partial charge in [0.05, 0.1) is 6.04 Å². The number of nitrogens with one attached hydrogen (secondary N) is 2. The Morgan fingerprint density at radius 2 is 2.05 bits per heavy atom. The third kappa shape index (κ3) is 3.93. The van der Waals surface area contributed by atoms with Gasteiger partial charge in [-0.3, -0.25) is 9.59 Å². The maximum absolute atomic E-state index is 11.7. The van der Waals surface area contributed by atoms with E-state index in [-0.39, 0.29) is 30.5 Å². The Morgan fingerprint density at radius 1 is 1.32 bits per heavy atom. The van der Waals surface area contributed by atoms with Crippen molar-refractivity contribution in [1.29, 1.82) is 0 Å². The molecule has 1 heterocycles. The first-order valence-electron chi connectivity index (χ1n) is 7.28. The molecule has 0 bridgehead atoms. The Bertz CT molecular complexity index is 327. The van der Waals surface area contributed by atoms with E-state index in [1.54, 1.807) is 0 Å². The van der Waals surface area contributed by atoms with Gasteiger partial charge in [-0.15, -0.1) is 0 Å². The molecule has 0 radical (unpaired) electrons. The van der Waals surface area contributed by atoms with Crippen LogP contribution in [-0.2, 0) is 14.3 Å². The molecule has 2 fully saturated rings. The smallest absolute Gasteiger partial charge is 0.246 e. The van der Waals surface area contributed by atoms with Crippen molar-refractivity contribution in [3.63, 3.8) is 0 Å². The largest absolute Gasteiger partial charge is 0.375 e. The molecule has 1 saturated heterocycles. The molecule has 2 aliphatic rings. The summed E-state index contributed by atoms with van der Waals surface area (Å²) >= 11 is 0. The van der Waals surface area contributed by atoms with Crippen LogP contribution in [0.2, 0.25) is 0 Å². The predicted octanol–water partition coefficient (Wildman–Crippen LogP) is 0.976. The summed E-state index contributed by atoms with van der Waals surface area (Å²) < 4.78 is 4.85. The van der Waals surface area contributed by atoms with E-state index in [4.69, 9.17) is 4.74 Å². The fourth-order valence-corrected chi connectivity index (χ4v) is 3.31. The van der Waals surface area contributed by atoms with Gasteiger partial charge in [0.2, 0.25) is 11.8 Å². The zero-order chi connectivity index (χ0) is 13.7. The van der Waals surface area contributed by atoms with Crippen LogP contribution in [0.4, 0.5) is 0 Å². The summed E-state index contributed by atoms with van der Waals surface area (Å²) in [6, 6.07) is 0.158. The van der Waals surface area contributed by atoms with E-state index in [2.05, 4.69) is 10.6 Å². The summed E-state index contributed by atoms with van der Waals surface area (Å²) in [5.74, 6) is 0.531. The maximum Gasteiger partial charge on any atom is 0.246 e. The number of hydrogen-bond donors (Lipinski definition) is 2. The quantitative estimate of drug-likeness (QED) is 0.798. The number of rotatable bonds is 4. The molecule has 19 heavy (non-hydrogen) atoms. The Kier molecular flexibility index (Phi) is 5.19. The third-order valence-electron chi connectivity index (χ3n) is 4.22. The molecule has 2 atom stereocenters. The minimum Gasteiger partial charge on any atom is -0.375 e. The topological polar surface area (TPSA) is 67.4 Å². The second-order valence-electron chi connectivity index (χ2n) is 5.64. The molecule has 0 aromatic rings. The number of piperidine rings is 1. The minimum absolute atomic E-state index is 0.0587. The van der Waals surface area contributed by atoms with Gasteiger partial charge in [0.1, 0.15) is 6.61 Å². The molecule has 2 amide bonds. The van der Waals surface area contributed by atoms with Crippen molar-refractivity contribution in [3.05, 3.63) is 0 Å². The van der Waals surface area contributed by atoms with Crippen LogP contribution in [0.15, 0.2) is 0 Å². The van der Waals surface area contributed by atoms with Crippen molar-refractivity contribution in [1.82, 2.24) is 10.6 Å². The Morgan fingerprint density at radius 3 is 2.74 bits per heavy atom. The van der Waals surface area contributed by atoms with Crippen molar-refractivity contribution < 1.29 is 14.3 Å². The van der Waals surface area contributed by atoms with Crippen LogP contribution in [0.1, 0.15) is 44.9 Å². The highest BCUT2D eigenvalue weighted by molar-refractivity contribution is 5.80. The SMILES string of the molecule is COCC(=O)NC1CCC(=O)NC1C1CCCCC1. The minimum atomic E-state index is -0.0931. The summed E-state index contributed by atoms with van der Waals surface area (Å²) in [5.41, 5.74) is 0. The normalized spacial score (nSPS) is 28.8. The van der Waals surface area contributed by atoms with Gasteiger partial charge in [0.15, 0.2) is 0 Å². The number of ether oxygens (including phenoxy) is 1. The molecule has 2 unspecified atom stereocenters. The highest BCUT2D eigenvalue weighted by atomic mass is 16.5. The summed E-state index contributed by atoms with van der Waals surface area (Å²) in [5, 5.41) is 6.10. The van der Waals surface area contributed by atoms with E-state index in [1.165, 1.54) is 26.4 Å². The van der Waals surface area contributed by atoms with Gasteiger partial charge >= 0.3 is 0 Å². The van der Waals surface area contributed by atoms with E-state index in [0.29, 0.717) is 12.3 Å². The van der Waals surface area contributed by atoms with Crippen LogP contribution in [0, 0.1) is 5.92 Å². The van der Waals surface area contributed by atoms with E-state index < -0.39 is 0 Å². The number of methoxy groups -OCH3 is 1. The van der Waals surface area contributed by atoms with Gasteiger partial charge in [0.25, 0.3) is 0 Å². The van der Waals surface area contributed by atoms with E-state index in [0.717, 1.165) is 19.3 Å². The lowest BCUT2D eigenvalue weighted by atomic mass is 9.78. The lowest BCUT2D eigenvalue weighted by molar-refractivity contribution is -0.129. The lowest BCUT2D eigenvalue weighted by Gasteiger charge is -2.39. The number of carbonyl (C=O) groups is 2. The monoisotopic (exact) mass is 268 g/mol. The molecule has 0 aromatic carbocycles. The Labute approximate surface area is 114 Å². The van der Waals surface area contributed by atoms with Crippen LogP contribution in [0.3, 0.4) is 0 Å². The van der Waals surface area contributed by atoms with Gasteiger partial charge < -0.3 is 15.4 Å². The van der Waals surface area contributed by atoms with Crippen LogP contribution in [0.25, 0.3) is 0 Å². The molecule has 5 nitrogen and oxygen atoms in total. The van der Waals surface area contributed by atoms with E-state index in [1.807, 2.05) is 0 Å². The molecule has 0 spiro atoms. The predicted molar refractivity (Wildman–Crippen MR) is 71.5 cm³/mol. The fraction of sp³-hybridized carbons (Fsp3) is 0.857. The molecule has 1 saturated carbocycles. The van der Waals surface area contributed by atoms with Gasteiger partial charge in [0, 0.05) is 19.6 Å². The first-order chi connectivity index (χ1) is 9.20. The van der Waals surface area contributed by atoms with Gasteiger partial charge in [-0.1, -0.05) is 19.3 Å². The second-order valence-corrected chi connectivity index (χ2v) is 5.64. The summed E-state index contributed by atoms with van der Waals surface area (Å²) in [4.78, 5) is 23.3. The van der Waals surface area contributed by atoms with E-state index >= 15 is 0 Å². The molecular weight excluding hydrogens is 244 g/mol. The van der Waals surface area contributed by atoms with Crippen molar-refractivity contribution in [2.24, 2.45) is 5.92 Å². The Balaban J connectivity index is 1.97. The van der Waals surface area contributed by atoms with Crippen LogP contribution in [0.5, 0.6) is 0 Å². The number of amides is 2. The number of carbonyl (C=O) groups excluding carboxylic acids is 2. The molecular formula is C14H24N2O3. The molecule has 1 aliphatic heterocycles. The van der Waals surface area contributed by atoms with Crippen molar-refractivity contribution in [2.75, 3.05) is 13.7 Å². The summed E-state index contributed by atoms with van der Waals surface area (Å²) in [6.45, 7) is 0.0852. The molecule has 2 rings (SSSR count). The second kappa shape index (κ2) is 6.89. The van der Waals surface area contributed by atoms with Crippen LogP contribution in [-0.4, -0.2) is 37.6 Å². The molecule has 2 N–H and O–H groups in total. The highest BCUT2D eigenvalue weighted by Crippen LogP contribution is 2.30. The Hall–Kier alpha value is -1.10. The average Bonchev–Trinajstić information content (AvgIpc) is 2.42. The summed E-state index contributed by atoms with van der Waals surface area (Å²) in [6.07, 6.45) is 7.30. The summed E-state index contributed by atoms with van der Waals surface area (Å²) in [7, 11) is 1.51. The standard InChI is InChI=1S/C14H24N2O3/c1-19-9-13(18)15-11-7-8-12(17)16-14(11)10-5-3-2-4-6-10/h10-11,14H,2-9H2,1H3,(H,15,18)(H,16,17). The molecule has 5 heteroatoms. The first kappa shape index (κ1) is 14.3. The van der Waals surface area contributed by atoms with Crippen LogP contribution < -0.4 is 10.6 Å². The number of hydrogen-bond acceptors (Lipinski definition) is 3. The third-order valence-corrected chi connectivity index (χ3v) is 4.22. The fourth-order valence-electron chi connectivity index (χ4n) is 3.31. The van der Waals surface area contributed by atoms with Crippen molar-refractivity contribution in [3.8, 4) is 0 Å². The van der Waals surface area contributed by atoms with Crippen molar-refractivity contribution >= 4 is 11.8 Å². The van der Waals surface area contributed by atoms with Crippen molar-refractivity contribution in [2.45, 2.75) is 57.0 Å². The average molecular weight is 268 g/mol. The van der Waals surface area contributed by atoms with Crippen LogP contribution >= 0.6 is 0 Å². The first-order valence-corrected chi connectivity index (χ1v) is 7.28. The highest BCUT2D eigenvalue weighted by Gasteiger charge is 2.35. The molecule has 108 valence electrons. The zero-order valence-electron chi connectivity index (χ0n) is 11.6. The zero-order valence-corrected chi connectivity index (χ0v) is 11.6. The van der Waals surface area contributed by atoms with E-state index in [9.17, 15) is 9.59 Å².